The first kappa shape index (κ1) is 16.7. The Hall–Kier alpha value is -0.330. The van der Waals surface area contributed by atoms with Gasteiger partial charge in [-0.25, -0.2) is 0 Å². The molecule has 6 heteroatoms. The molecule has 0 saturated heterocycles. The van der Waals surface area contributed by atoms with Crippen molar-refractivity contribution in [1.29, 1.82) is 0 Å². The fourth-order valence-electron chi connectivity index (χ4n) is 1.42. The smallest absolute Gasteiger partial charge is 0.372 e. The van der Waals surface area contributed by atoms with Crippen LogP contribution in [0.1, 0.15) is 20.3 Å². The summed E-state index contributed by atoms with van der Waals surface area (Å²) in [5, 5.41) is 3.21. The molecule has 0 heterocycles. The molecule has 0 rings (SSSR count). The average molecular weight is 256 g/mol. The second kappa shape index (κ2) is 9.67. The quantitative estimate of drug-likeness (QED) is 0.604. The molecule has 0 spiro atoms. The second-order valence-electron chi connectivity index (χ2n) is 3.81. The summed E-state index contributed by atoms with van der Waals surface area (Å²) in [5.74, 6) is 0. The van der Waals surface area contributed by atoms with Gasteiger partial charge in [-0.1, -0.05) is 13.8 Å². The van der Waals surface area contributed by atoms with Crippen LogP contribution in [0.5, 0.6) is 0 Å². The third-order valence-corrected chi connectivity index (χ3v) is 2.33. The van der Waals surface area contributed by atoms with Gasteiger partial charge in [0, 0.05) is 26.2 Å². The lowest BCUT2D eigenvalue weighted by Gasteiger charge is -2.20. The Labute approximate surface area is 101 Å². The molecule has 0 aromatic heterocycles. The molecule has 0 aromatic rings. The predicted molar refractivity (Wildman–Crippen MR) is 62.1 cm³/mol. The highest BCUT2D eigenvalue weighted by molar-refractivity contribution is 4.57. The van der Waals surface area contributed by atoms with Crippen molar-refractivity contribution in [3.63, 3.8) is 0 Å². The van der Waals surface area contributed by atoms with Crippen molar-refractivity contribution < 1.29 is 17.9 Å². The van der Waals surface area contributed by atoms with Gasteiger partial charge in [0.2, 0.25) is 0 Å². The number of hydrogen-bond acceptors (Lipinski definition) is 3. The van der Waals surface area contributed by atoms with Gasteiger partial charge in [-0.3, -0.25) is 0 Å². The molecule has 0 aromatic carbocycles. The summed E-state index contributed by atoms with van der Waals surface area (Å²) >= 11 is 0. The van der Waals surface area contributed by atoms with E-state index in [4.69, 9.17) is 0 Å². The number of nitrogens with one attached hydrogen (secondary N) is 1. The summed E-state index contributed by atoms with van der Waals surface area (Å²) in [5.41, 5.74) is 0. The number of rotatable bonds is 10. The van der Waals surface area contributed by atoms with E-state index in [1.165, 1.54) is 0 Å². The number of hydrogen-bond donors (Lipinski definition) is 1. The number of halogens is 3. The van der Waals surface area contributed by atoms with E-state index in [-0.39, 0.29) is 6.61 Å². The minimum Gasteiger partial charge on any atom is -0.372 e. The summed E-state index contributed by atoms with van der Waals surface area (Å²) in [6.45, 7) is 7.56. The maximum Gasteiger partial charge on any atom is 0.411 e. The van der Waals surface area contributed by atoms with E-state index in [1.807, 2.05) is 13.8 Å². The van der Waals surface area contributed by atoms with Crippen LogP contribution < -0.4 is 5.32 Å². The third kappa shape index (κ3) is 11.9. The summed E-state index contributed by atoms with van der Waals surface area (Å²) < 4.78 is 39.9. The molecule has 0 bridgehead atoms. The van der Waals surface area contributed by atoms with Crippen molar-refractivity contribution in [3.8, 4) is 0 Å². The van der Waals surface area contributed by atoms with E-state index in [9.17, 15) is 13.2 Å². The standard InChI is InChI=1S/C11H23F3N2O/c1-3-15-6-8-16(4-2)7-5-9-17-10-11(12,13)14/h15H,3-10H2,1-2H3. The number of alkyl halides is 3. The molecule has 0 amide bonds. The maximum absolute atomic E-state index is 11.8. The molecule has 0 aliphatic carbocycles. The van der Waals surface area contributed by atoms with Gasteiger partial charge in [0.15, 0.2) is 0 Å². The molecule has 0 unspecified atom stereocenters. The minimum atomic E-state index is -4.21. The van der Waals surface area contributed by atoms with Gasteiger partial charge in [-0.15, -0.1) is 0 Å². The van der Waals surface area contributed by atoms with E-state index in [0.717, 1.165) is 32.7 Å². The van der Waals surface area contributed by atoms with E-state index >= 15 is 0 Å². The van der Waals surface area contributed by atoms with Crippen LogP contribution in [0, 0.1) is 0 Å². The van der Waals surface area contributed by atoms with Crippen molar-refractivity contribution in [2.75, 3.05) is 45.9 Å². The fourth-order valence-corrected chi connectivity index (χ4v) is 1.42. The summed E-state index contributed by atoms with van der Waals surface area (Å²) in [6, 6.07) is 0. The summed E-state index contributed by atoms with van der Waals surface area (Å²) in [6.07, 6.45) is -3.58. The zero-order valence-electron chi connectivity index (χ0n) is 10.6. The number of likely N-dealkylation sites (N-methyl/N-ethyl adjacent to an activating group) is 2. The maximum atomic E-state index is 11.8. The van der Waals surface area contributed by atoms with Crippen LogP contribution in [0.15, 0.2) is 0 Å². The Morgan fingerprint density at radius 3 is 2.41 bits per heavy atom. The normalized spacial score (nSPS) is 12.4. The van der Waals surface area contributed by atoms with Gasteiger partial charge in [-0.2, -0.15) is 13.2 Å². The van der Waals surface area contributed by atoms with Gasteiger partial charge in [-0.05, 0) is 19.5 Å². The number of ether oxygens (including phenoxy) is 1. The largest absolute Gasteiger partial charge is 0.411 e. The van der Waals surface area contributed by atoms with Crippen LogP contribution in [0.3, 0.4) is 0 Å². The molecule has 1 N–H and O–H groups in total. The second-order valence-corrected chi connectivity index (χ2v) is 3.81. The molecule has 0 aliphatic rings. The molecule has 0 saturated carbocycles. The number of nitrogens with zero attached hydrogens (tertiary/aromatic N) is 1. The van der Waals surface area contributed by atoms with Crippen LogP contribution in [0.25, 0.3) is 0 Å². The molecule has 0 fully saturated rings. The molecule has 104 valence electrons. The molecular weight excluding hydrogens is 233 g/mol. The van der Waals surface area contributed by atoms with Gasteiger partial charge >= 0.3 is 6.18 Å². The Bertz CT molecular complexity index is 177. The van der Waals surface area contributed by atoms with Crippen molar-refractivity contribution in [1.82, 2.24) is 10.2 Å². The van der Waals surface area contributed by atoms with Crippen LogP contribution in [0.2, 0.25) is 0 Å². The predicted octanol–water partition coefficient (Wildman–Crippen LogP) is 1.89. The van der Waals surface area contributed by atoms with E-state index in [0.29, 0.717) is 6.42 Å². The molecule has 0 aliphatic heterocycles. The first-order valence-corrected chi connectivity index (χ1v) is 6.07. The van der Waals surface area contributed by atoms with Crippen molar-refractivity contribution in [3.05, 3.63) is 0 Å². The first-order chi connectivity index (χ1) is 7.99. The highest BCUT2D eigenvalue weighted by atomic mass is 19.4. The zero-order valence-corrected chi connectivity index (χ0v) is 10.6. The van der Waals surface area contributed by atoms with Gasteiger partial charge < -0.3 is 15.0 Å². The van der Waals surface area contributed by atoms with Gasteiger partial charge in [0.05, 0.1) is 0 Å². The van der Waals surface area contributed by atoms with E-state index < -0.39 is 12.8 Å². The monoisotopic (exact) mass is 256 g/mol. The molecular formula is C11H23F3N2O. The van der Waals surface area contributed by atoms with Crippen LogP contribution >= 0.6 is 0 Å². The lowest BCUT2D eigenvalue weighted by molar-refractivity contribution is -0.174. The third-order valence-electron chi connectivity index (χ3n) is 2.33. The molecule has 17 heavy (non-hydrogen) atoms. The van der Waals surface area contributed by atoms with Gasteiger partial charge in [0.25, 0.3) is 0 Å². The molecule has 0 atom stereocenters. The lowest BCUT2D eigenvalue weighted by Crippen LogP contribution is -2.33. The van der Waals surface area contributed by atoms with Crippen molar-refractivity contribution >= 4 is 0 Å². The Morgan fingerprint density at radius 1 is 1.18 bits per heavy atom. The van der Waals surface area contributed by atoms with E-state index in [2.05, 4.69) is 15.0 Å². The summed E-state index contributed by atoms with van der Waals surface area (Å²) in [4.78, 5) is 2.19. The molecule has 0 radical (unpaired) electrons. The Kier molecular flexibility index (Phi) is 9.49. The summed E-state index contributed by atoms with van der Waals surface area (Å²) in [7, 11) is 0. The average Bonchev–Trinajstić information content (AvgIpc) is 2.25. The van der Waals surface area contributed by atoms with Crippen molar-refractivity contribution in [2.45, 2.75) is 26.4 Å². The molecule has 3 nitrogen and oxygen atoms in total. The van der Waals surface area contributed by atoms with E-state index in [1.54, 1.807) is 0 Å². The zero-order chi connectivity index (χ0) is 13.1. The lowest BCUT2D eigenvalue weighted by atomic mass is 10.4. The minimum absolute atomic E-state index is 0.164. The highest BCUT2D eigenvalue weighted by Crippen LogP contribution is 2.14. The van der Waals surface area contributed by atoms with Crippen molar-refractivity contribution in [2.24, 2.45) is 0 Å². The first-order valence-electron chi connectivity index (χ1n) is 6.07. The fraction of sp³-hybridized carbons (Fsp3) is 1.00. The SMILES string of the molecule is CCNCCN(CC)CCCOCC(F)(F)F. The Balaban J connectivity index is 3.43. The van der Waals surface area contributed by atoms with Crippen LogP contribution in [-0.4, -0.2) is 57.0 Å². The topological polar surface area (TPSA) is 24.5 Å². The Morgan fingerprint density at radius 2 is 1.88 bits per heavy atom. The highest BCUT2D eigenvalue weighted by Gasteiger charge is 2.27. The van der Waals surface area contributed by atoms with Crippen LogP contribution in [-0.2, 0) is 4.74 Å². The van der Waals surface area contributed by atoms with Gasteiger partial charge in [0.1, 0.15) is 6.61 Å². The van der Waals surface area contributed by atoms with Crippen LogP contribution in [0.4, 0.5) is 13.2 Å².